The zero-order valence-corrected chi connectivity index (χ0v) is 20.5. The zero-order valence-electron chi connectivity index (χ0n) is 19.6. The number of amides is 5. The van der Waals surface area contributed by atoms with Gasteiger partial charge in [-0.05, 0) is 45.1 Å². The lowest BCUT2D eigenvalue weighted by Crippen LogP contribution is -2.62. The van der Waals surface area contributed by atoms with Gasteiger partial charge < -0.3 is 44.2 Å². The maximum atomic E-state index is 13.1. The largest absolute Gasteiger partial charge is 0.370 e. The van der Waals surface area contributed by atoms with Crippen LogP contribution >= 0.6 is 12.6 Å². The van der Waals surface area contributed by atoms with E-state index in [1.54, 1.807) is 0 Å². The van der Waals surface area contributed by atoms with Crippen molar-refractivity contribution in [3.8, 4) is 0 Å². The van der Waals surface area contributed by atoms with Crippen molar-refractivity contribution >= 4 is 48.1 Å². The molecule has 1 fully saturated rings. The first kappa shape index (κ1) is 30.0. The van der Waals surface area contributed by atoms with Crippen molar-refractivity contribution in [1.82, 2.24) is 21.3 Å². The number of unbranched alkanes of at least 4 members (excludes halogenated alkanes) is 1. The Hall–Kier alpha value is -3.07. The van der Waals surface area contributed by atoms with Crippen LogP contribution in [0.1, 0.15) is 44.9 Å². The molecule has 4 atom stereocenters. The van der Waals surface area contributed by atoms with Gasteiger partial charge in [0, 0.05) is 18.7 Å². The molecule has 0 aliphatic carbocycles. The molecule has 15 heteroatoms. The Bertz CT molecular complexity index is 791. The van der Waals surface area contributed by atoms with Gasteiger partial charge in [0.2, 0.25) is 29.5 Å². The van der Waals surface area contributed by atoms with E-state index < -0.39 is 53.7 Å². The van der Waals surface area contributed by atoms with Gasteiger partial charge in [0.25, 0.3) is 0 Å². The van der Waals surface area contributed by atoms with Crippen LogP contribution in [0.15, 0.2) is 4.99 Å². The summed E-state index contributed by atoms with van der Waals surface area (Å²) in [5.41, 5.74) is 21.4. The smallest absolute Gasteiger partial charge is 0.244 e. The summed E-state index contributed by atoms with van der Waals surface area (Å²) >= 11 is 4.12. The van der Waals surface area contributed by atoms with Crippen LogP contribution in [0, 0.1) is 0 Å². The first-order chi connectivity index (χ1) is 16.6. The zero-order chi connectivity index (χ0) is 26.4. The Labute approximate surface area is 209 Å². The van der Waals surface area contributed by atoms with E-state index in [1.807, 2.05) is 0 Å². The fourth-order valence-corrected chi connectivity index (χ4v) is 3.63. The molecule has 14 nitrogen and oxygen atoms in total. The van der Waals surface area contributed by atoms with E-state index in [1.165, 1.54) is 0 Å². The van der Waals surface area contributed by atoms with Crippen molar-refractivity contribution in [2.24, 2.45) is 27.9 Å². The Morgan fingerprint density at radius 2 is 1.20 bits per heavy atom. The number of carbonyl (C=O) groups is 5. The van der Waals surface area contributed by atoms with Crippen molar-refractivity contribution in [3.05, 3.63) is 0 Å². The van der Waals surface area contributed by atoms with Crippen LogP contribution in [0.25, 0.3) is 0 Å². The van der Waals surface area contributed by atoms with Crippen LogP contribution in [0.4, 0.5) is 0 Å². The molecule has 0 bridgehead atoms. The number of hydrogen-bond acceptors (Lipinski definition) is 8. The second-order valence-corrected chi connectivity index (χ2v) is 8.53. The van der Waals surface area contributed by atoms with E-state index in [0.29, 0.717) is 25.8 Å². The van der Waals surface area contributed by atoms with Crippen molar-refractivity contribution in [2.75, 3.05) is 18.8 Å². The summed E-state index contributed by atoms with van der Waals surface area (Å²) in [6.45, 7) is 0.633. The van der Waals surface area contributed by atoms with Gasteiger partial charge >= 0.3 is 0 Å². The number of nitrogens with one attached hydrogen (secondary N) is 4. The third-order valence-electron chi connectivity index (χ3n) is 5.29. The maximum Gasteiger partial charge on any atom is 0.244 e. The van der Waals surface area contributed by atoms with Crippen LogP contribution < -0.4 is 44.2 Å². The average molecular weight is 516 g/mol. The first-order valence-corrected chi connectivity index (χ1v) is 12.1. The summed E-state index contributed by atoms with van der Waals surface area (Å²) in [4.78, 5) is 66.9. The molecule has 12 N–H and O–H groups in total. The van der Waals surface area contributed by atoms with Crippen molar-refractivity contribution < 1.29 is 24.0 Å². The third-order valence-corrected chi connectivity index (χ3v) is 5.65. The molecule has 0 aromatic rings. The lowest BCUT2D eigenvalue weighted by Gasteiger charge is -2.29. The lowest BCUT2D eigenvalue weighted by molar-refractivity contribution is -0.136. The van der Waals surface area contributed by atoms with Crippen LogP contribution in [-0.2, 0) is 24.0 Å². The molecule has 1 saturated heterocycles. The van der Waals surface area contributed by atoms with E-state index in [0.717, 1.165) is 0 Å². The van der Waals surface area contributed by atoms with Gasteiger partial charge in [-0.3, -0.25) is 29.0 Å². The highest BCUT2D eigenvalue weighted by Gasteiger charge is 2.33. The standard InChI is InChI=1S/C20H37N9O5S/c21-8-2-1-4-11-17(32)29-14(10-35)19(34)28-13(6-7-15(22)30)18(33)27-12(16(31)26-11)5-3-9-25-20(23)24/h11-14,35H,1-10,21H2,(H2,22,30)(H,26,31)(H,27,33)(H,28,34)(H,29,32)(H4,23,24,25)/t11-,12-,13-,14-/m0/s1. The van der Waals surface area contributed by atoms with Gasteiger partial charge in [0.1, 0.15) is 24.2 Å². The minimum Gasteiger partial charge on any atom is -0.370 e. The van der Waals surface area contributed by atoms with Crippen molar-refractivity contribution in [2.45, 2.75) is 69.1 Å². The number of nitrogens with zero attached hydrogens (tertiary/aromatic N) is 1. The Kier molecular flexibility index (Phi) is 13.5. The number of guanidine groups is 1. The van der Waals surface area contributed by atoms with Crippen LogP contribution in [0.3, 0.4) is 0 Å². The minimum atomic E-state index is -1.16. The average Bonchev–Trinajstić information content (AvgIpc) is 2.79. The number of primary amides is 1. The highest BCUT2D eigenvalue weighted by molar-refractivity contribution is 7.80. The topological polar surface area (TPSA) is 250 Å². The Balaban J connectivity index is 3.21. The van der Waals surface area contributed by atoms with E-state index in [9.17, 15) is 24.0 Å². The number of thiol groups is 1. The summed E-state index contributed by atoms with van der Waals surface area (Å²) in [6.07, 6.45) is 1.71. The van der Waals surface area contributed by atoms with Crippen LogP contribution in [0.5, 0.6) is 0 Å². The maximum absolute atomic E-state index is 13.1. The lowest BCUT2D eigenvalue weighted by atomic mass is 10.0. The number of rotatable bonds is 12. The quantitative estimate of drug-likeness (QED) is 0.0540. The van der Waals surface area contributed by atoms with Gasteiger partial charge in [0.15, 0.2) is 5.96 Å². The second-order valence-electron chi connectivity index (χ2n) is 8.17. The molecule has 35 heavy (non-hydrogen) atoms. The highest BCUT2D eigenvalue weighted by Crippen LogP contribution is 2.08. The van der Waals surface area contributed by atoms with E-state index in [4.69, 9.17) is 22.9 Å². The molecular weight excluding hydrogens is 478 g/mol. The summed E-state index contributed by atoms with van der Waals surface area (Å²) < 4.78 is 0. The molecular formula is C20H37N9O5S. The van der Waals surface area contributed by atoms with Crippen LogP contribution in [-0.4, -0.2) is 78.5 Å². The fourth-order valence-electron chi connectivity index (χ4n) is 3.37. The molecule has 0 spiro atoms. The normalized spacial score (nSPS) is 23.6. The SMILES string of the molecule is NCCCC[C@@H]1NC(=O)[C@H](CCCN=C(N)N)NC(=O)[C@H](CCC(N)=O)NC(=O)[C@H](CS)NC1=O. The third kappa shape index (κ3) is 11.3. The molecule has 1 heterocycles. The molecule has 1 aliphatic rings. The summed E-state index contributed by atoms with van der Waals surface area (Å²) in [7, 11) is 0. The molecule has 1 aliphatic heterocycles. The summed E-state index contributed by atoms with van der Waals surface area (Å²) in [6, 6.07) is -4.23. The van der Waals surface area contributed by atoms with Gasteiger partial charge in [-0.1, -0.05) is 0 Å². The molecule has 0 saturated carbocycles. The van der Waals surface area contributed by atoms with E-state index >= 15 is 0 Å². The summed E-state index contributed by atoms with van der Waals surface area (Å²) in [5, 5.41) is 10.4. The molecule has 5 amide bonds. The second kappa shape index (κ2) is 15.8. The van der Waals surface area contributed by atoms with Crippen molar-refractivity contribution in [3.63, 3.8) is 0 Å². The molecule has 0 aromatic heterocycles. The predicted octanol–water partition coefficient (Wildman–Crippen LogP) is -3.68. The molecule has 0 aromatic carbocycles. The Morgan fingerprint density at radius 1 is 0.743 bits per heavy atom. The van der Waals surface area contributed by atoms with E-state index in [2.05, 4.69) is 38.9 Å². The van der Waals surface area contributed by atoms with Crippen LogP contribution in [0.2, 0.25) is 0 Å². The molecule has 1 rings (SSSR count). The first-order valence-electron chi connectivity index (χ1n) is 11.4. The minimum absolute atomic E-state index is 0.0569. The highest BCUT2D eigenvalue weighted by atomic mass is 32.1. The van der Waals surface area contributed by atoms with Gasteiger partial charge in [0.05, 0.1) is 0 Å². The molecule has 0 unspecified atom stereocenters. The van der Waals surface area contributed by atoms with Crippen molar-refractivity contribution in [1.29, 1.82) is 0 Å². The fraction of sp³-hybridized carbons (Fsp3) is 0.700. The molecule has 198 valence electrons. The number of aliphatic imine (C=N–C) groups is 1. The van der Waals surface area contributed by atoms with Gasteiger partial charge in [-0.25, -0.2) is 0 Å². The summed E-state index contributed by atoms with van der Waals surface area (Å²) in [5.74, 6) is -3.31. The number of carbonyl (C=O) groups excluding carboxylic acids is 5. The van der Waals surface area contributed by atoms with Gasteiger partial charge in [-0.2, -0.15) is 12.6 Å². The predicted molar refractivity (Wildman–Crippen MR) is 133 cm³/mol. The monoisotopic (exact) mass is 515 g/mol. The number of hydrogen-bond donors (Lipinski definition) is 9. The van der Waals surface area contributed by atoms with Gasteiger partial charge in [-0.15, -0.1) is 0 Å². The van der Waals surface area contributed by atoms with E-state index in [-0.39, 0.29) is 43.9 Å². The number of nitrogens with two attached hydrogens (primary N) is 4. The Morgan fingerprint density at radius 3 is 1.66 bits per heavy atom. The molecule has 0 radical (unpaired) electrons.